The molecule has 1 aliphatic rings. The predicted molar refractivity (Wildman–Crippen MR) is 211 cm³/mol. The number of nitrogens with zero attached hydrogens (tertiary/aromatic N) is 4. The second-order valence-electron chi connectivity index (χ2n) is 14.2. The summed E-state index contributed by atoms with van der Waals surface area (Å²) in [4.78, 5) is 9.03. The topological polar surface area (TPSA) is 13.0 Å². The van der Waals surface area contributed by atoms with Crippen molar-refractivity contribution in [3.8, 4) is 11.1 Å². The molecule has 0 N–H and O–H groups in total. The Balaban J connectivity index is 1.32. The molecule has 0 unspecified atom stereocenters. The van der Waals surface area contributed by atoms with Crippen molar-refractivity contribution in [1.29, 1.82) is 0 Å². The Kier molecular flexibility index (Phi) is 8.20. The van der Waals surface area contributed by atoms with Crippen molar-refractivity contribution in [3.05, 3.63) is 156 Å². The molecule has 0 heterocycles. The summed E-state index contributed by atoms with van der Waals surface area (Å²) in [6, 6.07) is 49.3. The van der Waals surface area contributed by atoms with Crippen molar-refractivity contribution < 1.29 is 0 Å². The quantitative estimate of drug-likeness (QED) is 0.164. The first-order chi connectivity index (χ1) is 23.5. The summed E-state index contributed by atoms with van der Waals surface area (Å²) < 4.78 is 0. The maximum absolute atomic E-state index is 2.41. The molecule has 7 rings (SSSR count). The van der Waals surface area contributed by atoms with E-state index in [1.54, 1.807) is 0 Å². The van der Waals surface area contributed by atoms with Crippen LogP contribution in [0.4, 0.5) is 45.5 Å². The predicted octanol–water partition coefficient (Wildman–Crippen LogP) is 11.7. The van der Waals surface area contributed by atoms with E-state index >= 15 is 0 Å². The number of hydrogen-bond acceptors (Lipinski definition) is 4. The van der Waals surface area contributed by atoms with Crippen LogP contribution >= 0.6 is 0 Å². The van der Waals surface area contributed by atoms with Gasteiger partial charge in [-0.3, -0.25) is 0 Å². The number of fused-ring (bicyclic) bond motifs is 3. The third-order valence-electron chi connectivity index (χ3n) is 9.99. The Morgan fingerprint density at radius 2 is 0.612 bits per heavy atom. The molecule has 246 valence electrons. The highest BCUT2D eigenvalue weighted by atomic mass is 15.2. The highest BCUT2D eigenvalue weighted by Gasteiger charge is 2.37. The van der Waals surface area contributed by atoms with Gasteiger partial charge in [0.05, 0.1) is 0 Å². The van der Waals surface area contributed by atoms with Gasteiger partial charge in [-0.15, -0.1) is 0 Å². The van der Waals surface area contributed by atoms with Crippen LogP contribution in [-0.4, -0.2) is 28.2 Å². The molecule has 4 heteroatoms. The first-order valence-electron chi connectivity index (χ1n) is 17.1. The van der Waals surface area contributed by atoms with Crippen molar-refractivity contribution in [2.45, 2.75) is 33.1 Å². The van der Waals surface area contributed by atoms with Crippen molar-refractivity contribution in [1.82, 2.24) is 0 Å². The normalized spacial score (nSPS) is 12.7. The minimum absolute atomic E-state index is 0.196. The first kappa shape index (κ1) is 32.1. The second-order valence-corrected chi connectivity index (χ2v) is 14.2. The molecule has 6 aromatic rings. The van der Waals surface area contributed by atoms with E-state index in [-0.39, 0.29) is 5.41 Å². The Morgan fingerprint density at radius 1 is 0.347 bits per heavy atom. The van der Waals surface area contributed by atoms with Crippen LogP contribution in [0.15, 0.2) is 133 Å². The van der Waals surface area contributed by atoms with Crippen LogP contribution in [0.3, 0.4) is 0 Å². The maximum Gasteiger partial charge on any atom is 0.0465 e. The number of hydrogen-bond donors (Lipinski definition) is 0. The summed E-state index contributed by atoms with van der Waals surface area (Å²) in [5.41, 5.74) is 16.8. The van der Waals surface area contributed by atoms with Crippen molar-refractivity contribution in [2.24, 2.45) is 0 Å². The van der Waals surface area contributed by atoms with Gasteiger partial charge in [-0.05, 0) is 133 Å². The van der Waals surface area contributed by atoms with E-state index in [1.165, 1.54) is 44.8 Å². The molecule has 6 aromatic carbocycles. The Bertz CT molecular complexity index is 1940. The van der Waals surface area contributed by atoms with E-state index < -0.39 is 0 Å². The lowest BCUT2D eigenvalue weighted by molar-refractivity contribution is 0.660. The lowest BCUT2D eigenvalue weighted by atomic mass is 9.82. The summed E-state index contributed by atoms with van der Waals surface area (Å²) in [5.74, 6) is 0. The van der Waals surface area contributed by atoms with Gasteiger partial charge in [-0.25, -0.2) is 0 Å². The van der Waals surface area contributed by atoms with E-state index in [0.29, 0.717) is 0 Å². The summed E-state index contributed by atoms with van der Waals surface area (Å²) >= 11 is 0. The Morgan fingerprint density at radius 3 is 0.918 bits per heavy atom. The third-order valence-corrected chi connectivity index (χ3v) is 9.99. The first-order valence-corrected chi connectivity index (χ1v) is 17.1. The summed E-state index contributed by atoms with van der Waals surface area (Å²) in [6.45, 7) is 9.02. The molecule has 1 aliphatic carbocycles. The van der Waals surface area contributed by atoms with Gasteiger partial charge in [0, 0.05) is 79.1 Å². The lowest BCUT2D eigenvalue weighted by Crippen LogP contribution is -2.18. The zero-order valence-corrected chi connectivity index (χ0v) is 30.0. The monoisotopic (exact) mass is 642 g/mol. The molecule has 0 spiro atoms. The number of anilines is 8. The fourth-order valence-corrected chi connectivity index (χ4v) is 7.07. The molecule has 0 amide bonds. The van der Waals surface area contributed by atoms with Gasteiger partial charge in [0.2, 0.25) is 0 Å². The van der Waals surface area contributed by atoms with E-state index in [9.17, 15) is 0 Å². The van der Waals surface area contributed by atoms with E-state index in [4.69, 9.17) is 0 Å². The van der Waals surface area contributed by atoms with Gasteiger partial charge in [0.25, 0.3) is 0 Å². The Labute approximate surface area is 292 Å². The van der Waals surface area contributed by atoms with E-state index in [0.717, 1.165) is 34.1 Å². The summed E-state index contributed by atoms with van der Waals surface area (Å²) in [7, 11) is 8.33. The number of benzene rings is 6. The number of aryl methyl sites for hydroxylation is 2. The molecule has 4 nitrogen and oxygen atoms in total. The van der Waals surface area contributed by atoms with Gasteiger partial charge in [-0.1, -0.05) is 61.4 Å². The van der Waals surface area contributed by atoms with Crippen molar-refractivity contribution >= 4 is 45.5 Å². The lowest BCUT2D eigenvalue weighted by Gasteiger charge is -2.29. The standard InChI is InChI=1S/C45H46N4/c1-31-9-13-35(14-10-31)48(37-21-17-33(18-22-37)46(5)6)39-25-27-41-42-28-26-40(30-44(42)45(3,4)43(41)29-39)49(36-15-11-32(2)12-16-36)38-23-19-34(20-24-38)47(7)8/h9-30H,1-8H3. The van der Waals surface area contributed by atoms with Crippen LogP contribution in [0.25, 0.3) is 11.1 Å². The van der Waals surface area contributed by atoms with E-state index in [1.807, 2.05) is 0 Å². The largest absolute Gasteiger partial charge is 0.378 e. The van der Waals surface area contributed by atoms with Gasteiger partial charge < -0.3 is 19.6 Å². The smallest absolute Gasteiger partial charge is 0.0465 e. The molecule has 0 fully saturated rings. The molecule has 0 aliphatic heterocycles. The van der Waals surface area contributed by atoms with Crippen LogP contribution in [0.1, 0.15) is 36.1 Å². The molecule has 0 aromatic heterocycles. The van der Waals surface area contributed by atoms with Crippen molar-refractivity contribution in [2.75, 3.05) is 47.8 Å². The Hall–Kier alpha value is -5.48. The van der Waals surface area contributed by atoms with Gasteiger partial charge in [0.1, 0.15) is 0 Å². The summed E-state index contributed by atoms with van der Waals surface area (Å²) in [6.07, 6.45) is 0. The van der Waals surface area contributed by atoms with Gasteiger partial charge in [-0.2, -0.15) is 0 Å². The van der Waals surface area contributed by atoms with Gasteiger partial charge >= 0.3 is 0 Å². The van der Waals surface area contributed by atoms with Crippen LogP contribution < -0.4 is 19.6 Å². The van der Waals surface area contributed by atoms with Crippen molar-refractivity contribution in [3.63, 3.8) is 0 Å². The molecule has 0 radical (unpaired) electrons. The van der Waals surface area contributed by atoms with Crippen LogP contribution in [0.5, 0.6) is 0 Å². The molecule has 49 heavy (non-hydrogen) atoms. The van der Waals surface area contributed by atoms with E-state index in [2.05, 4.69) is 209 Å². The zero-order valence-electron chi connectivity index (χ0n) is 30.0. The SMILES string of the molecule is Cc1ccc(N(c2ccc(N(C)C)cc2)c2ccc3c(c2)C(C)(C)c2cc(N(c4ccc(C)cc4)c4ccc(N(C)C)cc4)ccc2-3)cc1. The summed E-state index contributed by atoms with van der Waals surface area (Å²) in [5, 5.41) is 0. The molecular formula is C45H46N4. The number of rotatable bonds is 8. The average molecular weight is 643 g/mol. The molecule has 0 bridgehead atoms. The fourth-order valence-electron chi connectivity index (χ4n) is 7.07. The minimum Gasteiger partial charge on any atom is -0.378 e. The molecule has 0 saturated carbocycles. The average Bonchev–Trinajstić information content (AvgIpc) is 3.32. The van der Waals surface area contributed by atoms with Crippen LogP contribution in [-0.2, 0) is 5.41 Å². The van der Waals surface area contributed by atoms with Gasteiger partial charge in [0.15, 0.2) is 0 Å². The highest BCUT2D eigenvalue weighted by Crippen LogP contribution is 2.52. The molecule has 0 saturated heterocycles. The van der Waals surface area contributed by atoms with Crippen LogP contribution in [0.2, 0.25) is 0 Å². The second kappa shape index (κ2) is 12.5. The fraction of sp³-hybridized carbons (Fsp3) is 0.200. The highest BCUT2D eigenvalue weighted by molar-refractivity contribution is 5.88. The maximum atomic E-state index is 2.41. The van der Waals surface area contributed by atoms with Crippen LogP contribution in [0, 0.1) is 13.8 Å². The third kappa shape index (κ3) is 5.93. The minimum atomic E-state index is -0.196. The molecular weight excluding hydrogens is 597 g/mol. The zero-order chi connectivity index (χ0) is 34.4. The molecule has 0 atom stereocenters.